The Morgan fingerprint density at radius 3 is 2.83 bits per heavy atom. The van der Waals surface area contributed by atoms with E-state index in [4.69, 9.17) is 5.73 Å². The summed E-state index contributed by atoms with van der Waals surface area (Å²) in [5.74, 6) is 0.440. The fraction of sp³-hybridized carbons (Fsp3) is 0.348. The monoisotopic (exact) mass is 404 g/mol. The normalized spacial score (nSPS) is 14.1. The number of carbonyl (C=O) groups excluding carboxylic acids is 1. The summed E-state index contributed by atoms with van der Waals surface area (Å²) in [6.07, 6.45) is 10.5. The molecular weight excluding hydrogens is 376 g/mol. The second-order valence-electron chi connectivity index (χ2n) is 7.83. The van der Waals surface area contributed by atoms with Gasteiger partial charge in [0.05, 0.1) is 5.39 Å². The minimum absolute atomic E-state index is 0.0467. The van der Waals surface area contributed by atoms with Crippen LogP contribution in [0, 0.1) is 0 Å². The van der Waals surface area contributed by atoms with E-state index in [9.17, 15) is 4.79 Å². The van der Waals surface area contributed by atoms with Gasteiger partial charge in [0, 0.05) is 43.3 Å². The SMILES string of the molecule is CCc1cn(-c2cccc(N(C)C(=O)C=CCN(C)C3CC3)c2)c2ncnc(N)c12. The predicted molar refractivity (Wildman–Crippen MR) is 121 cm³/mol. The zero-order chi connectivity index (χ0) is 21.3. The summed E-state index contributed by atoms with van der Waals surface area (Å²) in [4.78, 5) is 25.2. The van der Waals surface area contributed by atoms with E-state index in [2.05, 4.69) is 28.8 Å². The highest BCUT2D eigenvalue weighted by Crippen LogP contribution is 2.28. The standard InChI is InChI=1S/C23H28N6O/c1-4-16-14-29(23-21(16)22(24)25-15-26-23)19-8-5-7-18(13-19)28(3)20(30)9-6-12-27(2)17-10-11-17/h5-9,13-15,17H,4,10-12H2,1-3H3,(H2,24,25,26). The maximum Gasteiger partial charge on any atom is 0.250 e. The number of aromatic nitrogens is 3. The first-order valence-electron chi connectivity index (χ1n) is 10.3. The van der Waals surface area contributed by atoms with E-state index in [-0.39, 0.29) is 5.91 Å². The molecule has 2 aromatic heterocycles. The fourth-order valence-corrected chi connectivity index (χ4v) is 3.70. The molecule has 4 rings (SSSR count). The number of nitrogens with zero attached hydrogens (tertiary/aromatic N) is 5. The lowest BCUT2D eigenvalue weighted by atomic mass is 10.2. The summed E-state index contributed by atoms with van der Waals surface area (Å²) in [6.45, 7) is 2.88. The minimum Gasteiger partial charge on any atom is -0.383 e. The number of amides is 1. The second kappa shape index (κ2) is 8.28. The van der Waals surface area contributed by atoms with Crippen LogP contribution >= 0.6 is 0 Å². The maximum absolute atomic E-state index is 12.6. The first kappa shape index (κ1) is 20.1. The van der Waals surface area contributed by atoms with Crippen LogP contribution in [0.5, 0.6) is 0 Å². The Balaban J connectivity index is 1.58. The largest absolute Gasteiger partial charge is 0.383 e. The van der Waals surface area contributed by atoms with Crippen molar-refractivity contribution in [2.75, 3.05) is 31.3 Å². The molecule has 1 fully saturated rings. The van der Waals surface area contributed by atoms with Gasteiger partial charge in [-0.25, -0.2) is 9.97 Å². The van der Waals surface area contributed by atoms with Crippen molar-refractivity contribution >= 4 is 28.4 Å². The van der Waals surface area contributed by atoms with Crippen molar-refractivity contribution in [3.63, 3.8) is 0 Å². The molecule has 3 aromatic rings. The zero-order valence-corrected chi connectivity index (χ0v) is 17.7. The molecule has 0 atom stereocenters. The van der Waals surface area contributed by atoms with E-state index in [1.165, 1.54) is 19.2 Å². The Morgan fingerprint density at radius 1 is 1.30 bits per heavy atom. The van der Waals surface area contributed by atoms with Gasteiger partial charge in [-0.1, -0.05) is 19.1 Å². The average Bonchev–Trinajstić information content (AvgIpc) is 3.54. The van der Waals surface area contributed by atoms with Gasteiger partial charge in [-0.15, -0.1) is 0 Å². The van der Waals surface area contributed by atoms with Crippen molar-refractivity contribution in [1.29, 1.82) is 0 Å². The Bertz CT molecular complexity index is 1100. The molecule has 0 bridgehead atoms. The quantitative estimate of drug-likeness (QED) is 0.612. The summed E-state index contributed by atoms with van der Waals surface area (Å²) in [5.41, 5.74) is 9.72. The lowest BCUT2D eigenvalue weighted by Crippen LogP contribution is -2.25. The van der Waals surface area contributed by atoms with Crippen LogP contribution in [0.1, 0.15) is 25.3 Å². The number of aryl methyl sites for hydroxylation is 1. The third kappa shape index (κ3) is 3.93. The van der Waals surface area contributed by atoms with Crippen LogP contribution in [0.2, 0.25) is 0 Å². The third-order valence-electron chi connectivity index (χ3n) is 5.72. The van der Waals surface area contributed by atoms with E-state index in [0.717, 1.165) is 40.9 Å². The summed E-state index contributed by atoms with van der Waals surface area (Å²) in [7, 11) is 3.89. The topological polar surface area (TPSA) is 80.3 Å². The second-order valence-corrected chi connectivity index (χ2v) is 7.83. The summed E-state index contributed by atoms with van der Waals surface area (Å²) >= 11 is 0. The Kier molecular flexibility index (Phi) is 5.55. The number of anilines is 2. The molecule has 7 nitrogen and oxygen atoms in total. The molecule has 0 radical (unpaired) electrons. The van der Waals surface area contributed by atoms with E-state index in [1.807, 2.05) is 41.1 Å². The molecule has 1 aromatic carbocycles. The molecule has 0 saturated heterocycles. The Labute approximate surface area is 176 Å². The van der Waals surface area contributed by atoms with Gasteiger partial charge in [0.15, 0.2) is 0 Å². The Morgan fingerprint density at radius 2 is 2.10 bits per heavy atom. The molecular formula is C23H28N6O. The molecule has 1 aliphatic carbocycles. The number of nitrogens with two attached hydrogens (primary N) is 1. The molecule has 0 spiro atoms. The van der Waals surface area contributed by atoms with Gasteiger partial charge in [0.25, 0.3) is 0 Å². The van der Waals surface area contributed by atoms with Crippen LogP contribution in [0.4, 0.5) is 11.5 Å². The first-order chi connectivity index (χ1) is 14.5. The van der Waals surface area contributed by atoms with Crippen molar-refractivity contribution in [2.24, 2.45) is 0 Å². The van der Waals surface area contributed by atoms with Crippen molar-refractivity contribution in [3.05, 3.63) is 54.5 Å². The molecule has 0 aliphatic heterocycles. The van der Waals surface area contributed by atoms with Gasteiger partial charge in [0.2, 0.25) is 5.91 Å². The highest BCUT2D eigenvalue weighted by atomic mass is 16.2. The van der Waals surface area contributed by atoms with Gasteiger partial charge in [-0.3, -0.25) is 9.69 Å². The van der Waals surface area contributed by atoms with Crippen LogP contribution in [-0.4, -0.2) is 52.0 Å². The molecule has 156 valence electrons. The molecule has 1 amide bonds. The van der Waals surface area contributed by atoms with Crippen LogP contribution in [0.3, 0.4) is 0 Å². The molecule has 30 heavy (non-hydrogen) atoms. The number of carbonyl (C=O) groups is 1. The molecule has 7 heteroatoms. The smallest absolute Gasteiger partial charge is 0.250 e. The summed E-state index contributed by atoms with van der Waals surface area (Å²) < 4.78 is 2.01. The number of rotatable bonds is 7. The summed E-state index contributed by atoms with van der Waals surface area (Å²) in [5, 5.41) is 0.887. The third-order valence-corrected chi connectivity index (χ3v) is 5.72. The molecule has 2 N–H and O–H groups in total. The Hall–Kier alpha value is -3.19. The van der Waals surface area contributed by atoms with Crippen LogP contribution in [-0.2, 0) is 11.2 Å². The summed E-state index contributed by atoms with van der Waals surface area (Å²) in [6, 6.07) is 8.54. The van der Waals surface area contributed by atoms with Crippen LogP contribution in [0.15, 0.2) is 48.9 Å². The molecule has 1 aliphatic rings. The number of hydrogen-bond donors (Lipinski definition) is 1. The van der Waals surface area contributed by atoms with Gasteiger partial charge in [-0.2, -0.15) is 0 Å². The van der Waals surface area contributed by atoms with Gasteiger partial charge in [-0.05, 0) is 50.1 Å². The lowest BCUT2D eigenvalue weighted by molar-refractivity contribution is -0.113. The van der Waals surface area contributed by atoms with Gasteiger partial charge < -0.3 is 15.2 Å². The zero-order valence-electron chi connectivity index (χ0n) is 17.7. The van der Waals surface area contributed by atoms with E-state index >= 15 is 0 Å². The van der Waals surface area contributed by atoms with E-state index in [0.29, 0.717) is 11.9 Å². The maximum atomic E-state index is 12.6. The van der Waals surface area contributed by atoms with Crippen molar-refractivity contribution in [2.45, 2.75) is 32.2 Å². The van der Waals surface area contributed by atoms with Crippen molar-refractivity contribution in [1.82, 2.24) is 19.4 Å². The minimum atomic E-state index is -0.0467. The van der Waals surface area contributed by atoms with Crippen molar-refractivity contribution < 1.29 is 4.79 Å². The highest BCUT2D eigenvalue weighted by Gasteiger charge is 2.25. The molecule has 2 heterocycles. The number of likely N-dealkylation sites (N-methyl/N-ethyl adjacent to an activating group) is 2. The fourth-order valence-electron chi connectivity index (χ4n) is 3.70. The van der Waals surface area contributed by atoms with Crippen LogP contribution < -0.4 is 10.6 Å². The molecule has 1 saturated carbocycles. The lowest BCUT2D eigenvalue weighted by Gasteiger charge is -2.17. The first-order valence-corrected chi connectivity index (χ1v) is 10.3. The predicted octanol–water partition coefficient (Wildman–Crippen LogP) is 3.18. The number of fused-ring (bicyclic) bond motifs is 1. The number of nitrogen functional groups attached to an aromatic ring is 1. The van der Waals surface area contributed by atoms with Crippen molar-refractivity contribution in [3.8, 4) is 5.69 Å². The van der Waals surface area contributed by atoms with Gasteiger partial charge >= 0.3 is 0 Å². The highest BCUT2D eigenvalue weighted by molar-refractivity contribution is 6.01. The number of benzene rings is 1. The van der Waals surface area contributed by atoms with Crippen LogP contribution in [0.25, 0.3) is 16.7 Å². The van der Waals surface area contributed by atoms with E-state index < -0.39 is 0 Å². The number of hydrogen-bond acceptors (Lipinski definition) is 5. The van der Waals surface area contributed by atoms with E-state index in [1.54, 1.807) is 18.0 Å². The van der Waals surface area contributed by atoms with Gasteiger partial charge in [0.1, 0.15) is 17.8 Å². The molecule has 0 unspecified atom stereocenters. The average molecular weight is 405 g/mol.